The summed E-state index contributed by atoms with van der Waals surface area (Å²) in [4.78, 5) is 16.9. The minimum absolute atomic E-state index is 0.0622. The molecule has 0 radical (unpaired) electrons. The van der Waals surface area contributed by atoms with Crippen LogP contribution in [0.5, 0.6) is 17.2 Å². The van der Waals surface area contributed by atoms with Crippen LogP contribution in [0.25, 0.3) is 11.0 Å². The number of rotatable bonds is 5. The average Bonchev–Trinajstić information content (AvgIpc) is 3.17. The maximum absolute atomic E-state index is 12.4. The van der Waals surface area contributed by atoms with Crippen LogP contribution in [0.1, 0.15) is 41.4 Å². The van der Waals surface area contributed by atoms with Crippen molar-refractivity contribution in [2.24, 2.45) is 4.99 Å². The number of hydrogen-bond donors (Lipinski definition) is 2. The summed E-state index contributed by atoms with van der Waals surface area (Å²) < 4.78 is 22.9. The Hall–Kier alpha value is -3.68. The molecule has 2 aromatic carbocycles. The fraction of sp³-hybridized carbons (Fsp3) is 0.304. The number of methoxy groups -OCH3 is 2. The maximum Gasteiger partial charge on any atom is 0.255 e. The summed E-state index contributed by atoms with van der Waals surface area (Å²) in [7, 11) is 4.79. The molecule has 1 amide bonds. The van der Waals surface area contributed by atoms with E-state index < -0.39 is 0 Å². The average molecular weight is 423 g/mol. The second-order valence-electron chi connectivity index (χ2n) is 7.39. The minimum Gasteiger partial charge on any atom is -0.493 e. The fourth-order valence-electron chi connectivity index (χ4n) is 3.61. The largest absolute Gasteiger partial charge is 0.493 e. The van der Waals surface area contributed by atoms with Gasteiger partial charge in [-0.2, -0.15) is 0 Å². The predicted molar refractivity (Wildman–Crippen MR) is 119 cm³/mol. The quantitative estimate of drug-likeness (QED) is 0.641. The fourth-order valence-corrected chi connectivity index (χ4v) is 3.61. The van der Waals surface area contributed by atoms with Crippen LogP contribution in [0.2, 0.25) is 0 Å². The van der Waals surface area contributed by atoms with E-state index in [9.17, 15) is 4.79 Å². The van der Waals surface area contributed by atoms with Crippen LogP contribution in [-0.4, -0.2) is 39.7 Å². The van der Waals surface area contributed by atoms with Gasteiger partial charge < -0.3 is 29.3 Å². The van der Waals surface area contributed by atoms with Crippen molar-refractivity contribution < 1.29 is 23.4 Å². The number of carbonyl (C=O) groups is 1. The lowest BCUT2D eigenvalue weighted by molar-refractivity contribution is 0.0962. The van der Waals surface area contributed by atoms with E-state index in [0.717, 1.165) is 16.6 Å². The number of amides is 1. The van der Waals surface area contributed by atoms with Crippen molar-refractivity contribution in [1.82, 2.24) is 5.32 Å². The molecule has 2 N–H and O–H groups in total. The molecule has 162 valence electrons. The van der Waals surface area contributed by atoms with Gasteiger partial charge in [-0.3, -0.25) is 4.79 Å². The zero-order chi connectivity index (χ0) is 22.1. The molecule has 1 aliphatic rings. The Bertz CT molecular complexity index is 1180. The van der Waals surface area contributed by atoms with Crippen LogP contribution >= 0.6 is 0 Å². The number of ether oxygens (including phenoxy) is 3. The Morgan fingerprint density at radius 2 is 1.90 bits per heavy atom. The number of benzene rings is 2. The van der Waals surface area contributed by atoms with Gasteiger partial charge in [0.25, 0.3) is 5.91 Å². The van der Waals surface area contributed by atoms with Crippen LogP contribution in [0.4, 0.5) is 5.69 Å². The Balaban J connectivity index is 1.72. The van der Waals surface area contributed by atoms with Gasteiger partial charge in [-0.25, -0.2) is 4.99 Å². The number of aliphatic imine (C=N–C) groups is 1. The standard InChI is InChI=1S/C23H25N3O5/c1-12(2)21-20(22(27)24-3)14-7-6-13(8-17(14)31-21)30-23-15-9-18(28-4)19(29-5)10-16(15)25-11-26-23/h6-10,12,25H,11H2,1-5H3,(H,24,27). The molecule has 0 spiro atoms. The Morgan fingerprint density at radius 1 is 1.16 bits per heavy atom. The normalized spacial score (nSPS) is 12.8. The molecule has 31 heavy (non-hydrogen) atoms. The summed E-state index contributed by atoms with van der Waals surface area (Å²) in [5.74, 6) is 2.75. The van der Waals surface area contributed by atoms with Crippen molar-refractivity contribution in [2.45, 2.75) is 19.8 Å². The SMILES string of the molecule is CNC(=O)c1c(C(C)C)oc2cc(OC3=NCNc4cc(OC)c(OC)cc43)ccc12. The van der Waals surface area contributed by atoms with Gasteiger partial charge in [0.15, 0.2) is 11.5 Å². The van der Waals surface area contributed by atoms with Crippen molar-refractivity contribution in [2.75, 3.05) is 33.3 Å². The lowest BCUT2D eigenvalue weighted by Crippen LogP contribution is -2.20. The van der Waals surface area contributed by atoms with Gasteiger partial charge in [0.1, 0.15) is 23.8 Å². The molecule has 3 aromatic rings. The van der Waals surface area contributed by atoms with Crippen LogP contribution in [0.15, 0.2) is 39.7 Å². The second kappa shape index (κ2) is 8.22. The molecule has 0 atom stereocenters. The van der Waals surface area contributed by atoms with Crippen LogP contribution < -0.4 is 24.8 Å². The molecule has 8 nitrogen and oxygen atoms in total. The lowest BCUT2D eigenvalue weighted by Gasteiger charge is -2.20. The Morgan fingerprint density at radius 3 is 2.58 bits per heavy atom. The first-order chi connectivity index (χ1) is 15.0. The van der Waals surface area contributed by atoms with Gasteiger partial charge in [0.2, 0.25) is 5.90 Å². The van der Waals surface area contributed by atoms with E-state index in [-0.39, 0.29) is 11.8 Å². The molecular formula is C23H25N3O5. The van der Waals surface area contributed by atoms with E-state index in [1.807, 2.05) is 32.0 Å². The molecule has 0 saturated heterocycles. The van der Waals surface area contributed by atoms with Gasteiger partial charge in [0.05, 0.1) is 31.0 Å². The summed E-state index contributed by atoms with van der Waals surface area (Å²) in [6.07, 6.45) is 0. The number of carbonyl (C=O) groups excluding carboxylic acids is 1. The van der Waals surface area contributed by atoms with Crippen LogP contribution in [0.3, 0.4) is 0 Å². The number of fused-ring (bicyclic) bond motifs is 2. The van der Waals surface area contributed by atoms with Gasteiger partial charge in [-0.15, -0.1) is 0 Å². The molecule has 4 rings (SSSR count). The van der Waals surface area contributed by atoms with Crippen molar-refractivity contribution in [3.05, 3.63) is 47.2 Å². The number of nitrogens with zero attached hydrogens (tertiary/aromatic N) is 1. The molecule has 0 bridgehead atoms. The Kier molecular flexibility index (Phi) is 5.46. The Labute approximate surface area is 180 Å². The molecule has 0 aliphatic carbocycles. The van der Waals surface area contributed by atoms with E-state index in [2.05, 4.69) is 15.6 Å². The number of hydrogen-bond acceptors (Lipinski definition) is 7. The highest BCUT2D eigenvalue weighted by Crippen LogP contribution is 2.36. The van der Waals surface area contributed by atoms with Gasteiger partial charge in [-0.1, -0.05) is 13.8 Å². The molecule has 0 unspecified atom stereocenters. The molecule has 8 heteroatoms. The lowest BCUT2D eigenvalue weighted by atomic mass is 10.0. The van der Waals surface area contributed by atoms with Crippen molar-refractivity contribution >= 4 is 28.5 Å². The highest BCUT2D eigenvalue weighted by atomic mass is 16.5. The third-order valence-corrected chi connectivity index (χ3v) is 5.13. The third-order valence-electron chi connectivity index (χ3n) is 5.13. The number of anilines is 1. The summed E-state index contributed by atoms with van der Waals surface area (Å²) in [6.45, 7) is 4.35. The second-order valence-corrected chi connectivity index (χ2v) is 7.39. The predicted octanol–water partition coefficient (Wildman–Crippen LogP) is 4.14. The maximum atomic E-state index is 12.4. The van der Waals surface area contributed by atoms with E-state index in [1.54, 1.807) is 33.4 Å². The first kappa shape index (κ1) is 20.6. The molecule has 1 aliphatic heterocycles. The minimum atomic E-state index is -0.172. The van der Waals surface area contributed by atoms with E-state index in [1.165, 1.54) is 0 Å². The van der Waals surface area contributed by atoms with Crippen LogP contribution in [0, 0.1) is 0 Å². The van der Waals surface area contributed by atoms with Crippen molar-refractivity contribution in [3.8, 4) is 17.2 Å². The van der Waals surface area contributed by atoms with Gasteiger partial charge >= 0.3 is 0 Å². The smallest absolute Gasteiger partial charge is 0.255 e. The molecular weight excluding hydrogens is 398 g/mol. The van der Waals surface area contributed by atoms with Gasteiger partial charge in [-0.05, 0) is 18.2 Å². The summed E-state index contributed by atoms with van der Waals surface area (Å²) in [5, 5.41) is 6.64. The third kappa shape index (κ3) is 3.65. The molecule has 0 fully saturated rings. The zero-order valence-corrected chi connectivity index (χ0v) is 18.2. The van der Waals surface area contributed by atoms with Crippen molar-refractivity contribution in [1.29, 1.82) is 0 Å². The summed E-state index contributed by atoms with van der Waals surface area (Å²) >= 11 is 0. The molecule has 1 aromatic heterocycles. The molecule has 0 saturated carbocycles. The first-order valence-corrected chi connectivity index (χ1v) is 9.97. The highest BCUT2D eigenvalue weighted by molar-refractivity contribution is 6.08. The van der Waals surface area contributed by atoms with Gasteiger partial charge in [0, 0.05) is 30.5 Å². The van der Waals surface area contributed by atoms with Crippen LogP contribution in [-0.2, 0) is 0 Å². The molecule has 2 heterocycles. The summed E-state index contributed by atoms with van der Waals surface area (Å²) in [6, 6.07) is 9.09. The number of furan rings is 1. The number of nitrogens with one attached hydrogen (secondary N) is 2. The first-order valence-electron chi connectivity index (χ1n) is 9.97. The highest BCUT2D eigenvalue weighted by Gasteiger charge is 2.24. The zero-order valence-electron chi connectivity index (χ0n) is 18.2. The summed E-state index contributed by atoms with van der Waals surface area (Å²) in [5.41, 5.74) is 2.74. The van der Waals surface area contributed by atoms with E-state index in [0.29, 0.717) is 46.7 Å². The van der Waals surface area contributed by atoms with E-state index >= 15 is 0 Å². The van der Waals surface area contributed by atoms with Crippen molar-refractivity contribution in [3.63, 3.8) is 0 Å². The topological polar surface area (TPSA) is 94.3 Å². The monoisotopic (exact) mass is 423 g/mol. The van der Waals surface area contributed by atoms with E-state index in [4.69, 9.17) is 18.6 Å².